The molecule has 25 heavy (non-hydrogen) atoms. The molecule has 1 aromatic heterocycles. The molecule has 0 aliphatic rings. The van der Waals surface area contributed by atoms with E-state index in [-0.39, 0.29) is 0 Å². The highest BCUT2D eigenvalue weighted by Crippen LogP contribution is 2.22. The largest absolute Gasteiger partial charge is 0.361 e. The van der Waals surface area contributed by atoms with Crippen molar-refractivity contribution in [2.45, 2.75) is 0 Å². The van der Waals surface area contributed by atoms with Gasteiger partial charge in [0.15, 0.2) is 0 Å². The van der Waals surface area contributed by atoms with E-state index in [1.54, 1.807) is 10.9 Å². The zero-order chi connectivity index (χ0) is 17.6. The van der Waals surface area contributed by atoms with Crippen molar-refractivity contribution in [3.05, 3.63) is 72.4 Å². The zero-order valence-electron chi connectivity index (χ0n) is 13.2. The van der Waals surface area contributed by atoms with Gasteiger partial charge in [0, 0.05) is 17.3 Å². The molecule has 2 amide bonds. The second-order valence-electron chi connectivity index (χ2n) is 5.14. The summed E-state index contributed by atoms with van der Waals surface area (Å²) in [7, 11) is 0. The molecule has 0 radical (unpaired) electrons. The lowest BCUT2D eigenvalue weighted by molar-refractivity contribution is -0.137. The Bertz CT molecular complexity index is 917. The van der Waals surface area contributed by atoms with Crippen LogP contribution in [0.5, 0.6) is 0 Å². The number of amides is 2. The van der Waals surface area contributed by atoms with Crippen LogP contribution in [-0.4, -0.2) is 27.8 Å². The van der Waals surface area contributed by atoms with Crippen molar-refractivity contribution < 1.29 is 9.59 Å². The normalized spacial score (nSPS) is 10.7. The predicted molar refractivity (Wildman–Crippen MR) is 93.9 cm³/mol. The number of hydrazone groups is 1. The number of para-hydroxylation sites is 1. The lowest BCUT2D eigenvalue weighted by atomic mass is 10.1. The molecular weight excluding hydrogens is 318 g/mol. The Morgan fingerprint density at radius 1 is 1.04 bits per heavy atom. The summed E-state index contributed by atoms with van der Waals surface area (Å²) in [6.45, 7) is 0. The number of nitrogens with zero attached hydrogens (tertiary/aromatic N) is 3. The van der Waals surface area contributed by atoms with Gasteiger partial charge < -0.3 is 5.73 Å². The van der Waals surface area contributed by atoms with Gasteiger partial charge in [-0.3, -0.25) is 9.59 Å². The first kappa shape index (κ1) is 16.1. The first-order chi connectivity index (χ1) is 12.1. The summed E-state index contributed by atoms with van der Waals surface area (Å²) < 4.78 is 1.72. The van der Waals surface area contributed by atoms with Gasteiger partial charge in [0.2, 0.25) is 0 Å². The molecule has 0 atom stereocenters. The van der Waals surface area contributed by atoms with Crippen molar-refractivity contribution >= 4 is 18.0 Å². The van der Waals surface area contributed by atoms with Gasteiger partial charge in [0.05, 0.1) is 11.9 Å². The second kappa shape index (κ2) is 7.22. The van der Waals surface area contributed by atoms with Crippen LogP contribution in [0.3, 0.4) is 0 Å². The van der Waals surface area contributed by atoms with E-state index in [0.717, 1.165) is 11.3 Å². The third-order valence-corrected chi connectivity index (χ3v) is 3.40. The monoisotopic (exact) mass is 333 g/mol. The average molecular weight is 333 g/mol. The van der Waals surface area contributed by atoms with E-state index in [0.29, 0.717) is 11.3 Å². The van der Waals surface area contributed by atoms with Crippen LogP contribution in [0.4, 0.5) is 0 Å². The van der Waals surface area contributed by atoms with Crippen molar-refractivity contribution in [2.75, 3.05) is 0 Å². The first-order valence-electron chi connectivity index (χ1n) is 7.48. The summed E-state index contributed by atoms with van der Waals surface area (Å²) in [6.07, 6.45) is 3.22. The van der Waals surface area contributed by atoms with Crippen LogP contribution in [0, 0.1) is 0 Å². The van der Waals surface area contributed by atoms with Gasteiger partial charge in [-0.25, -0.2) is 10.1 Å². The average Bonchev–Trinajstić information content (AvgIpc) is 3.07. The van der Waals surface area contributed by atoms with E-state index in [4.69, 9.17) is 5.73 Å². The summed E-state index contributed by atoms with van der Waals surface area (Å²) in [6, 6.07) is 19.2. The molecular formula is C18H15N5O2. The van der Waals surface area contributed by atoms with E-state index in [1.165, 1.54) is 6.21 Å². The van der Waals surface area contributed by atoms with Crippen LogP contribution in [0.25, 0.3) is 16.9 Å². The standard InChI is InChI=1S/C18H15N5O2/c19-17(24)18(25)21-20-11-14-12-23(15-9-5-2-6-10-15)22-16(14)13-7-3-1-4-8-13/h1-12H,(H2,19,24)(H,21,25)/b20-11+. The summed E-state index contributed by atoms with van der Waals surface area (Å²) in [5.74, 6) is -2.08. The molecule has 0 aliphatic heterocycles. The summed E-state index contributed by atoms with van der Waals surface area (Å²) in [4.78, 5) is 21.9. The Kier molecular flexibility index (Phi) is 4.66. The number of benzene rings is 2. The number of aromatic nitrogens is 2. The Morgan fingerprint density at radius 2 is 1.68 bits per heavy atom. The van der Waals surface area contributed by atoms with Gasteiger partial charge in [-0.1, -0.05) is 48.5 Å². The van der Waals surface area contributed by atoms with Crippen molar-refractivity contribution in [1.29, 1.82) is 0 Å². The van der Waals surface area contributed by atoms with Crippen molar-refractivity contribution in [1.82, 2.24) is 15.2 Å². The number of carbonyl (C=O) groups excluding carboxylic acids is 2. The van der Waals surface area contributed by atoms with E-state index in [1.807, 2.05) is 60.7 Å². The summed E-state index contributed by atoms with van der Waals surface area (Å²) >= 11 is 0. The third kappa shape index (κ3) is 3.78. The van der Waals surface area contributed by atoms with Crippen molar-refractivity contribution in [3.63, 3.8) is 0 Å². The SMILES string of the molecule is NC(=O)C(=O)N/N=C/c1cn(-c2ccccc2)nc1-c1ccccc1. The van der Waals surface area contributed by atoms with Gasteiger partial charge in [-0.05, 0) is 12.1 Å². The minimum Gasteiger partial charge on any atom is -0.361 e. The lowest BCUT2D eigenvalue weighted by Crippen LogP contribution is -2.32. The number of rotatable bonds is 4. The number of nitrogens with two attached hydrogens (primary N) is 1. The summed E-state index contributed by atoms with van der Waals surface area (Å²) in [5, 5.41) is 8.38. The van der Waals surface area contributed by atoms with Gasteiger partial charge in [-0.15, -0.1) is 0 Å². The van der Waals surface area contributed by atoms with Gasteiger partial charge in [0.25, 0.3) is 0 Å². The molecule has 0 fully saturated rings. The fourth-order valence-corrected chi connectivity index (χ4v) is 2.23. The number of hydrogen-bond donors (Lipinski definition) is 2. The van der Waals surface area contributed by atoms with E-state index >= 15 is 0 Å². The number of nitrogens with one attached hydrogen (secondary N) is 1. The number of primary amides is 1. The molecule has 0 saturated heterocycles. The number of hydrogen-bond acceptors (Lipinski definition) is 4. The topological polar surface area (TPSA) is 102 Å². The minimum absolute atomic E-state index is 0.680. The molecule has 0 unspecified atom stereocenters. The maximum Gasteiger partial charge on any atom is 0.329 e. The molecule has 3 rings (SSSR count). The fraction of sp³-hybridized carbons (Fsp3) is 0. The van der Waals surface area contributed by atoms with E-state index < -0.39 is 11.8 Å². The smallest absolute Gasteiger partial charge is 0.329 e. The van der Waals surface area contributed by atoms with Crippen molar-refractivity contribution in [2.24, 2.45) is 10.8 Å². The van der Waals surface area contributed by atoms with Crippen LogP contribution in [-0.2, 0) is 9.59 Å². The van der Waals surface area contributed by atoms with Crippen LogP contribution < -0.4 is 11.2 Å². The van der Waals surface area contributed by atoms with Crippen molar-refractivity contribution in [3.8, 4) is 16.9 Å². The second-order valence-corrected chi connectivity index (χ2v) is 5.14. The highest BCUT2D eigenvalue weighted by Gasteiger charge is 2.11. The van der Waals surface area contributed by atoms with Crippen LogP contribution in [0.2, 0.25) is 0 Å². The Balaban J connectivity index is 1.97. The van der Waals surface area contributed by atoms with Crippen LogP contribution in [0.15, 0.2) is 72.0 Å². The Labute approximate surface area is 143 Å². The van der Waals surface area contributed by atoms with Crippen LogP contribution >= 0.6 is 0 Å². The maximum absolute atomic E-state index is 11.2. The molecule has 1 heterocycles. The molecule has 124 valence electrons. The fourth-order valence-electron chi connectivity index (χ4n) is 2.23. The Morgan fingerprint density at radius 3 is 2.32 bits per heavy atom. The minimum atomic E-state index is -1.10. The van der Waals surface area contributed by atoms with E-state index in [9.17, 15) is 9.59 Å². The molecule has 7 heteroatoms. The number of carbonyl (C=O) groups is 2. The summed E-state index contributed by atoms with van der Waals surface area (Å²) in [5.41, 5.74) is 10.1. The quantitative estimate of drug-likeness (QED) is 0.429. The van der Waals surface area contributed by atoms with Gasteiger partial charge in [-0.2, -0.15) is 10.2 Å². The first-order valence-corrected chi connectivity index (χ1v) is 7.48. The molecule has 7 nitrogen and oxygen atoms in total. The molecule has 3 N–H and O–H groups in total. The Hall–Kier alpha value is -3.74. The molecule has 3 aromatic rings. The molecule has 0 aliphatic carbocycles. The van der Waals surface area contributed by atoms with Gasteiger partial charge in [0.1, 0.15) is 5.69 Å². The van der Waals surface area contributed by atoms with Crippen LogP contribution in [0.1, 0.15) is 5.56 Å². The zero-order valence-corrected chi connectivity index (χ0v) is 13.2. The molecule has 0 saturated carbocycles. The molecule has 2 aromatic carbocycles. The maximum atomic E-state index is 11.2. The highest BCUT2D eigenvalue weighted by atomic mass is 16.2. The molecule has 0 spiro atoms. The van der Waals surface area contributed by atoms with E-state index in [2.05, 4.69) is 15.6 Å². The van der Waals surface area contributed by atoms with Gasteiger partial charge >= 0.3 is 11.8 Å². The third-order valence-electron chi connectivity index (χ3n) is 3.40. The lowest BCUT2D eigenvalue weighted by Gasteiger charge is -2.00. The predicted octanol–water partition coefficient (Wildman–Crippen LogP) is 1.47. The highest BCUT2D eigenvalue weighted by molar-refractivity contribution is 6.34. The molecule has 0 bridgehead atoms.